The first kappa shape index (κ1) is 25.8. The quantitative estimate of drug-likeness (QED) is 0.373. The van der Waals surface area contributed by atoms with Gasteiger partial charge in [0.25, 0.3) is 0 Å². The molecule has 0 aliphatic heterocycles. The SMILES string of the molecule is CC(=O)OC[C@@]12CC[C@@]3(C)[C@@H]4CC(C)(C)CC[C@]4(C)CC[C@]3(C)[C@H]1CC[C@@]1(C)[C@H]2CCC(=O)[C@@H]1C. The summed E-state index contributed by atoms with van der Waals surface area (Å²) in [5.41, 5.74) is 1.53. The van der Waals surface area contributed by atoms with E-state index < -0.39 is 0 Å². The first-order valence-corrected chi connectivity index (χ1v) is 14.8. The molecule has 0 unspecified atom stereocenters. The predicted octanol–water partition coefficient (Wildman–Crippen LogP) is 8.00. The Balaban J connectivity index is 1.59. The third-order valence-corrected chi connectivity index (χ3v) is 14.0. The van der Waals surface area contributed by atoms with Crippen molar-refractivity contribution in [2.45, 2.75) is 126 Å². The van der Waals surface area contributed by atoms with Crippen molar-refractivity contribution < 1.29 is 14.3 Å². The number of ketones is 1. The standard InChI is InChI=1S/C32H52O3/c1-21-23(34)9-10-24-29(21,6)12-11-25-30(7)16-15-28(5)14-13-27(3,4)19-26(28)31(30,8)17-18-32(24,25)20-35-22(2)33/h21,24-26H,9-20H2,1-8H3/t21-,24+,25+,26+,28+,29+,30+,31-,32+/m0/s1. The van der Waals surface area contributed by atoms with Crippen LogP contribution in [0.2, 0.25) is 0 Å². The maximum atomic E-state index is 12.9. The number of esters is 1. The number of fused-ring (bicyclic) bond motifs is 7. The van der Waals surface area contributed by atoms with Gasteiger partial charge < -0.3 is 4.74 Å². The van der Waals surface area contributed by atoms with Crippen LogP contribution in [0.25, 0.3) is 0 Å². The molecule has 0 heterocycles. The normalized spacial score (nSPS) is 53.0. The predicted molar refractivity (Wildman–Crippen MR) is 141 cm³/mol. The summed E-state index contributed by atoms with van der Waals surface area (Å²) in [4.78, 5) is 25.1. The van der Waals surface area contributed by atoms with E-state index >= 15 is 0 Å². The Morgan fingerprint density at radius 3 is 2.14 bits per heavy atom. The lowest BCUT2D eigenvalue weighted by Crippen LogP contribution is -2.69. The second kappa shape index (κ2) is 7.83. The van der Waals surface area contributed by atoms with E-state index in [2.05, 4.69) is 48.5 Å². The van der Waals surface area contributed by atoms with E-state index in [1.165, 1.54) is 44.9 Å². The van der Waals surface area contributed by atoms with Gasteiger partial charge in [0.1, 0.15) is 5.78 Å². The first-order valence-electron chi connectivity index (χ1n) is 14.8. The lowest BCUT2D eigenvalue weighted by atomic mass is 9.30. The molecule has 3 nitrogen and oxygen atoms in total. The van der Waals surface area contributed by atoms with E-state index in [9.17, 15) is 9.59 Å². The highest BCUT2D eigenvalue weighted by molar-refractivity contribution is 5.82. The van der Waals surface area contributed by atoms with Crippen molar-refractivity contribution in [3.05, 3.63) is 0 Å². The van der Waals surface area contributed by atoms with E-state index in [1.54, 1.807) is 6.92 Å². The zero-order valence-corrected chi connectivity index (χ0v) is 24.0. The lowest BCUT2D eigenvalue weighted by molar-refractivity contribution is -0.269. The molecule has 0 aromatic rings. The topological polar surface area (TPSA) is 43.4 Å². The summed E-state index contributed by atoms with van der Waals surface area (Å²) in [5.74, 6) is 2.23. The molecule has 0 aromatic carbocycles. The summed E-state index contributed by atoms with van der Waals surface area (Å²) < 4.78 is 5.99. The van der Waals surface area contributed by atoms with Crippen molar-refractivity contribution in [1.82, 2.24) is 0 Å². The number of rotatable bonds is 2. The highest BCUT2D eigenvalue weighted by atomic mass is 16.5. The van der Waals surface area contributed by atoms with Gasteiger partial charge >= 0.3 is 5.97 Å². The molecule has 3 heteroatoms. The van der Waals surface area contributed by atoms with Gasteiger partial charge in [0.2, 0.25) is 0 Å². The van der Waals surface area contributed by atoms with Gasteiger partial charge in [-0.1, -0.05) is 48.5 Å². The molecule has 5 aliphatic carbocycles. The highest BCUT2D eigenvalue weighted by Crippen LogP contribution is 2.78. The van der Waals surface area contributed by atoms with Gasteiger partial charge in [-0.2, -0.15) is 0 Å². The molecule has 0 spiro atoms. The van der Waals surface area contributed by atoms with Crippen LogP contribution in [0.5, 0.6) is 0 Å². The summed E-state index contributed by atoms with van der Waals surface area (Å²) in [6, 6.07) is 0. The Morgan fingerprint density at radius 1 is 0.829 bits per heavy atom. The van der Waals surface area contributed by atoms with Crippen LogP contribution in [0, 0.1) is 56.2 Å². The van der Waals surface area contributed by atoms with Crippen LogP contribution in [-0.4, -0.2) is 18.4 Å². The number of Topliss-reactive ketones (excluding diaryl/α,β-unsaturated/α-hetero) is 1. The molecule has 5 aliphatic rings. The van der Waals surface area contributed by atoms with E-state index in [0.29, 0.717) is 46.9 Å². The molecular weight excluding hydrogens is 432 g/mol. The summed E-state index contributed by atoms with van der Waals surface area (Å²) >= 11 is 0. The summed E-state index contributed by atoms with van der Waals surface area (Å²) in [7, 11) is 0. The van der Waals surface area contributed by atoms with E-state index in [-0.39, 0.29) is 28.1 Å². The molecule has 5 saturated carbocycles. The Hall–Kier alpha value is -0.860. The Bertz CT molecular complexity index is 906. The smallest absolute Gasteiger partial charge is 0.302 e. The van der Waals surface area contributed by atoms with Crippen LogP contribution in [0.15, 0.2) is 0 Å². The zero-order chi connectivity index (χ0) is 25.7. The fourth-order valence-corrected chi connectivity index (χ4v) is 11.4. The van der Waals surface area contributed by atoms with Crippen molar-refractivity contribution in [2.24, 2.45) is 56.2 Å². The molecule has 0 radical (unpaired) electrons. The minimum Gasteiger partial charge on any atom is -0.465 e. The number of ether oxygens (including phenoxy) is 1. The molecule has 5 fully saturated rings. The minimum atomic E-state index is -0.144. The summed E-state index contributed by atoms with van der Waals surface area (Å²) in [6.45, 7) is 19.7. The number of hydrogen-bond donors (Lipinski definition) is 0. The zero-order valence-electron chi connectivity index (χ0n) is 24.0. The van der Waals surface area contributed by atoms with Crippen molar-refractivity contribution in [3.8, 4) is 0 Å². The minimum absolute atomic E-state index is 0.0137. The molecule has 0 aromatic heterocycles. The second-order valence-electron chi connectivity index (χ2n) is 15.8. The van der Waals surface area contributed by atoms with Crippen LogP contribution in [0.3, 0.4) is 0 Å². The van der Waals surface area contributed by atoms with Crippen LogP contribution >= 0.6 is 0 Å². The summed E-state index contributed by atoms with van der Waals surface area (Å²) in [5, 5.41) is 0. The van der Waals surface area contributed by atoms with E-state index in [1.807, 2.05) is 0 Å². The molecule has 198 valence electrons. The second-order valence-corrected chi connectivity index (χ2v) is 15.8. The van der Waals surface area contributed by atoms with Crippen molar-refractivity contribution in [2.75, 3.05) is 6.61 Å². The molecule has 0 N–H and O–H groups in total. The largest absolute Gasteiger partial charge is 0.465 e. The maximum Gasteiger partial charge on any atom is 0.302 e. The van der Waals surface area contributed by atoms with Crippen LogP contribution in [-0.2, 0) is 14.3 Å². The van der Waals surface area contributed by atoms with Gasteiger partial charge in [0.15, 0.2) is 0 Å². The molecule has 35 heavy (non-hydrogen) atoms. The fraction of sp³-hybridized carbons (Fsp3) is 0.938. The average molecular weight is 485 g/mol. The molecule has 5 rings (SSSR count). The first-order chi connectivity index (χ1) is 16.1. The average Bonchev–Trinajstić information content (AvgIpc) is 2.78. The van der Waals surface area contributed by atoms with Gasteiger partial charge in [-0.15, -0.1) is 0 Å². The monoisotopic (exact) mass is 484 g/mol. The van der Waals surface area contributed by atoms with Gasteiger partial charge in [0.05, 0.1) is 6.61 Å². The third-order valence-electron chi connectivity index (χ3n) is 14.0. The van der Waals surface area contributed by atoms with E-state index in [0.717, 1.165) is 25.2 Å². The molecule has 0 saturated heterocycles. The van der Waals surface area contributed by atoms with Crippen LogP contribution in [0.4, 0.5) is 0 Å². The lowest BCUT2D eigenvalue weighted by Gasteiger charge is -2.75. The van der Waals surface area contributed by atoms with Gasteiger partial charge in [-0.3, -0.25) is 9.59 Å². The Labute approximate surface area is 214 Å². The molecule has 0 bridgehead atoms. The van der Waals surface area contributed by atoms with E-state index in [4.69, 9.17) is 4.74 Å². The van der Waals surface area contributed by atoms with Gasteiger partial charge in [-0.25, -0.2) is 0 Å². The number of carbonyl (C=O) groups excluding carboxylic acids is 2. The molecular formula is C32H52O3. The Morgan fingerprint density at radius 2 is 1.46 bits per heavy atom. The molecule has 9 atom stereocenters. The van der Waals surface area contributed by atoms with Crippen molar-refractivity contribution in [3.63, 3.8) is 0 Å². The maximum absolute atomic E-state index is 12.9. The Kier molecular flexibility index (Phi) is 5.76. The van der Waals surface area contributed by atoms with Crippen molar-refractivity contribution in [1.29, 1.82) is 0 Å². The highest BCUT2D eigenvalue weighted by Gasteiger charge is 2.72. The molecule has 0 amide bonds. The van der Waals surface area contributed by atoms with Crippen molar-refractivity contribution >= 4 is 11.8 Å². The van der Waals surface area contributed by atoms with Crippen LogP contribution in [0.1, 0.15) is 126 Å². The van der Waals surface area contributed by atoms with Gasteiger partial charge in [-0.05, 0) is 109 Å². The third kappa shape index (κ3) is 3.41. The van der Waals surface area contributed by atoms with Gasteiger partial charge in [0, 0.05) is 24.7 Å². The number of hydrogen-bond acceptors (Lipinski definition) is 3. The fourth-order valence-electron chi connectivity index (χ4n) is 11.4. The summed E-state index contributed by atoms with van der Waals surface area (Å²) in [6.07, 6.45) is 13.2. The number of carbonyl (C=O) groups is 2. The van der Waals surface area contributed by atoms with Crippen LogP contribution < -0.4 is 0 Å².